The Labute approximate surface area is 204 Å². The van der Waals surface area contributed by atoms with Gasteiger partial charge in [-0.1, -0.05) is 26.0 Å². The summed E-state index contributed by atoms with van der Waals surface area (Å²) in [4.78, 5) is 36.6. The Bertz CT molecular complexity index is 1230. The quantitative estimate of drug-likeness (QED) is 0.475. The predicted molar refractivity (Wildman–Crippen MR) is 138 cm³/mol. The SMILES string of the molecule is CCOc1ccccc1NC(=O)C(C)n1c(CN(CC)CC)nc2sc3c(c2c1=O)CCCC3. The average Bonchev–Trinajstić information content (AvgIpc) is 3.22. The van der Waals surface area contributed by atoms with Crippen LogP contribution in [0.25, 0.3) is 10.2 Å². The molecule has 3 aromatic rings. The van der Waals surface area contributed by atoms with Gasteiger partial charge in [-0.15, -0.1) is 11.3 Å². The molecule has 8 heteroatoms. The summed E-state index contributed by atoms with van der Waals surface area (Å²) in [6.07, 6.45) is 4.15. The number of carbonyl (C=O) groups excluding carboxylic acids is 1. The van der Waals surface area contributed by atoms with Crippen molar-refractivity contribution in [2.45, 2.75) is 66.0 Å². The van der Waals surface area contributed by atoms with Crippen LogP contribution >= 0.6 is 11.3 Å². The Morgan fingerprint density at radius 2 is 1.94 bits per heavy atom. The highest BCUT2D eigenvalue weighted by Crippen LogP contribution is 2.34. The average molecular weight is 483 g/mol. The van der Waals surface area contributed by atoms with Gasteiger partial charge in [0.15, 0.2) is 0 Å². The first kappa shape index (κ1) is 24.4. The smallest absolute Gasteiger partial charge is 0.263 e. The van der Waals surface area contributed by atoms with E-state index in [-0.39, 0.29) is 11.5 Å². The van der Waals surface area contributed by atoms with Crippen molar-refractivity contribution in [3.63, 3.8) is 0 Å². The number of carbonyl (C=O) groups is 1. The minimum Gasteiger partial charge on any atom is -0.492 e. The van der Waals surface area contributed by atoms with Gasteiger partial charge in [0.05, 0.1) is 24.2 Å². The number of ether oxygens (including phenoxy) is 1. The Hall–Kier alpha value is -2.71. The van der Waals surface area contributed by atoms with Crippen LogP contribution in [0.3, 0.4) is 0 Å². The summed E-state index contributed by atoms with van der Waals surface area (Å²) < 4.78 is 7.27. The Morgan fingerprint density at radius 3 is 2.68 bits per heavy atom. The second-order valence-electron chi connectivity index (χ2n) is 8.65. The largest absolute Gasteiger partial charge is 0.492 e. The van der Waals surface area contributed by atoms with E-state index in [1.165, 1.54) is 4.88 Å². The molecule has 182 valence electrons. The molecule has 34 heavy (non-hydrogen) atoms. The fraction of sp³-hybridized carbons (Fsp3) is 0.500. The number of anilines is 1. The highest BCUT2D eigenvalue weighted by molar-refractivity contribution is 7.18. The Balaban J connectivity index is 1.78. The van der Waals surface area contributed by atoms with Gasteiger partial charge in [-0.25, -0.2) is 4.98 Å². The molecule has 1 unspecified atom stereocenters. The zero-order valence-corrected chi connectivity index (χ0v) is 21.3. The number of nitrogens with one attached hydrogen (secondary N) is 1. The predicted octanol–water partition coefficient (Wildman–Crippen LogP) is 4.78. The molecule has 1 aromatic carbocycles. The van der Waals surface area contributed by atoms with Gasteiger partial charge in [-0.3, -0.25) is 19.1 Å². The highest BCUT2D eigenvalue weighted by atomic mass is 32.1. The summed E-state index contributed by atoms with van der Waals surface area (Å²) in [6, 6.07) is 6.64. The summed E-state index contributed by atoms with van der Waals surface area (Å²) >= 11 is 1.65. The van der Waals surface area contributed by atoms with Crippen LogP contribution in [0.5, 0.6) is 5.75 Å². The Kier molecular flexibility index (Phi) is 7.68. The molecular formula is C26H34N4O3S. The van der Waals surface area contributed by atoms with Crippen molar-refractivity contribution in [2.75, 3.05) is 25.0 Å². The number of hydrogen-bond donors (Lipinski definition) is 1. The number of aromatic nitrogens is 2. The maximum Gasteiger partial charge on any atom is 0.263 e. The monoisotopic (exact) mass is 482 g/mol. The van der Waals surface area contributed by atoms with E-state index in [9.17, 15) is 9.59 Å². The van der Waals surface area contributed by atoms with E-state index >= 15 is 0 Å². The first-order valence-corrected chi connectivity index (χ1v) is 13.1. The summed E-state index contributed by atoms with van der Waals surface area (Å²) in [5.74, 6) is 0.989. The zero-order chi connectivity index (χ0) is 24.2. The first-order chi connectivity index (χ1) is 16.5. The van der Waals surface area contributed by atoms with Crippen molar-refractivity contribution in [3.8, 4) is 5.75 Å². The van der Waals surface area contributed by atoms with Crippen LogP contribution in [-0.4, -0.2) is 40.1 Å². The van der Waals surface area contributed by atoms with E-state index in [0.29, 0.717) is 35.8 Å². The topological polar surface area (TPSA) is 76.5 Å². The van der Waals surface area contributed by atoms with E-state index in [1.54, 1.807) is 22.8 Å². The van der Waals surface area contributed by atoms with E-state index in [0.717, 1.165) is 49.2 Å². The van der Waals surface area contributed by atoms with Crippen molar-refractivity contribution in [1.82, 2.24) is 14.5 Å². The first-order valence-electron chi connectivity index (χ1n) is 12.3. The highest BCUT2D eigenvalue weighted by Gasteiger charge is 2.27. The molecule has 1 atom stereocenters. The lowest BCUT2D eigenvalue weighted by molar-refractivity contribution is -0.119. The summed E-state index contributed by atoms with van der Waals surface area (Å²) in [5.41, 5.74) is 1.63. The van der Waals surface area contributed by atoms with Crippen molar-refractivity contribution in [1.29, 1.82) is 0 Å². The number of benzene rings is 1. The maximum absolute atomic E-state index is 13.9. The van der Waals surface area contributed by atoms with Crippen LogP contribution in [0.4, 0.5) is 5.69 Å². The van der Waals surface area contributed by atoms with Gasteiger partial charge in [-0.2, -0.15) is 0 Å². The van der Waals surface area contributed by atoms with Gasteiger partial charge in [0.1, 0.15) is 22.4 Å². The molecule has 1 N–H and O–H groups in total. The van der Waals surface area contributed by atoms with Gasteiger partial charge in [0.25, 0.3) is 5.56 Å². The number of thiophene rings is 1. The number of rotatable bonds is 9. The number of nitrogens with zero attached hydrogens (tertiary/aromatic N) is 3. The number of aryl methyl sites for hydroxylation is 2. The molecule has 0 saturated heterocycles. The molecule has 0 radical (unpaired) electrons. The molecule has 0 spiro atoms. The standard InChI is InChI=1S/C26H34N4O3S/c1-5-29(6-2)16-22-28-25-23(18-12-8-11-15-21(18)34-25)26(32)30(22)17(4)24(31)27-19-13-9-10-14-20(19)33-7-3/h9-10,13-14,17H,5-8,11-12,15-16H2,1-4H3,(H,27,31). The molecule has 0 fully saturated rings. The third-order valence-corrected chi connectivity index (χ3v) is 7.75. The van der Waals surface area contributed by atoms with Crippen molar-refractivity contribution >= 4 is 33.1 Å². The van der Waals surface area contributed by atoms with Gasteiger partial charge in [0.2, 0.25) is 5.91 Å². The second kappa shape index (κ2) is 10.7. The van der Waals surface area contributed by atoms with Gasteiger partial charge < -0.3 is 10.1 Å². The minimum absolute atomic E-state index is 0.104. The third-order valence-electron chi connectivity index (χ3n) is 6.57. The lowest BCUT2D eigenvalue weighted by atomic mass is 9.97. The molecule has 0 aliphatic heterocycles. The lowest BCUT2D eigenvalue weighted by Gasteiger charge is -2.23. The Morgan fingerprint density at radius 1 is 1.21 bits per heavy atom. The van der Waals surface area contributed by atoms with Crippen molar-refractivity contribution < 1.29 is 9.53 Å². The number of hydrogen-bond acceptors (Lipinski definition) is 6. The lowest BCUT2D eigenvalue weighted by Crippen LogP contribution is -2.37. The molecule has 7 nitrogen and oxygen atoms in total. The number of para-hydroxylation sites is 2. The van der Waals surface area contributed by atoms with E-state index in [4.69, 9.17) is 9.72 Å². The van der Waals surface area contributed by atoms with Crippen LogP contribution in [-0.2, 0) is 24.2 Å². The van der Waals surface area contributed by atoms with E-state index in [1.807, 2.05) is 31.2 Å². The van der Waals surface area contributed by atoms with Crippen LogP contribution in [0.1, 0.15) is 62.8 Å². The number of amides is 1. The third kappa shape index (κ3) is 4.74. The van der Waals surface area contributed by atoms with E-state index in [2.05, 4.69) is 24.1 Å². The zero-order valence-electron chi connectivity index (χ0n) is 20.5. The summed E-state index contributed by atoms with van der Waals surface area (Å²) in [6.45, 7) is 10.6. The minimum atomic E-state index is -0.719. The molecule has 1 aliphatic carbocycles. The van der Waals surface area contributed by atoms with Gasteiger partial charge in [0, 0.05) is 4.88 Å². The molecule has 1 amide bonds. The normalized spacial score (nSPS) is 14.3. The van der Waals surface area contributed by atoms with Crippen molar-refractivity contribution in [2.24, 2.45) is 0 Å². The van der Waals surface area contributed by atoms with Crippen LogP contribution in [0, 0.1) is 0 Å². The molecule has 4 rings (SSSR count). The second-order valence-corrected chi connectivity index (χ2v) is 9.73. The van der Waals surface area contributed by atoms with Crippen LogP contribution < -0.4 is 15.6 Å². The summed E-state index contributed by atoms with van der Waals surface area (Å²) in [7, 11) is 0. The maximum atomic E-state index is 13.9. The fourth-order valence-electron chi connectivity index (χ4n) is 4.62. The van der Waals surface area contributed by atoms with Crippen LogP contribution in [0.2, 0.25) is 0 Å². The fourth-order valence-corrected chi connectivity index (χ4v) is 5.89. The molecular weight excluding hydrogens is 448 g/mol. The molecule has 2 aromatic heterocycles. The van der Waals surface area contributed by atoms with E-state index < -0.39 is 6.04 Å². The molecule has 2 heterocycles. The summed E-state index contributed by atoms with van der Waals surface area (Å²) in [5, 5.41) is 3.68. The molecule has 0 bridgehead atoms. The molecule has 1 aliphatic rings. The van der Waals surface area contributed by atoms with Crippen molar-refractivity contribution in [3.05, 3.63) is 50.9 Å². The van der Waals surface area contributed by atoms with Gasteiger partial charge >= 0.3 is 0 Å². The number of fused-ring (bicyclic) bond motifs is 3. The van der Waals surface area contributed by atoms with Gasteiger partial charge in [-0.05, 0) is 70.3 Å². The molecule has 0 saturated carbocycles. The van der Waals surface area contributed by atoms with Crippen LogP contribution in [0.15, 0.2) is 29.1 Å².